The summed E-state index contributed by atoms with van der Waals surface area (Å²) in [7, 11) is -1.07. The summed E-state index contributed by atoms with van der Waals surface area (Å²) in [5.74, 6) is -0.900. The summed E-state index contributed by atoms with van der Waals surface area (Å²) in [6.45, 7) is 0. The fourth-order valence-corrected chi connectivity index (χ4v) is 4.90. The fourth-order valence-electron chi connectivity index (χ4n) is 3.47. The third kappa shape index (κ3) is 4.54. The van der Waals surface area contributed by atoms with E-state index < -0.39 is 21.7 Å². The smallest absolute Gasteiger partial charge is 0.281 e. The molecular formula is C23H18Cl2FN3O4S. The number of anilines is 2. The van der Waals surface area contributed by atoms with Gasteiger partial charge in [0.2, 0.25) is 0 Å². The number of benzene rings is 3. The number of fused-ring (bicyclic) bond motifs is 1. The Labute approximate surface area is 205 Å². The van der Waals surface area contributed by atoms with Gasteiger partial charge in [-0.25, -0.2) is 17.5 Å². The molecule has 0 atom stereocenters. The first-order valence-electron chi connectivity index (χ1n) is 9.82. The van der Waals surface area contributed by atoms with Crippen LogP contribution in [-0.2, 0) is 17.1 Å². The lowest BCUT2D eigenvalue weighted by Crippen LogP contribution is -2.31. The van der Waals surface area contributed by atoms with Gasteiger partial charge in [-0.05, 0) is 60.7 Å². The van der Waals surface area contributed by atoms with Gasteiger partial charge in [-0.1, -0.05) is 23.2 Å². The highest BCUT2D eigenvalue weighted by atomic mass is 35.5. The van der Waals surface area contributed by atoms with Gasteiger partial charge in [0.15, 0.2) is 0 Å². The number of nitrogens with zero attached hydrogens (tertiary/aromatic N) is 1. The minimum absolute atomic E-state index is 0.0490. The maximum atomic E-state index is 13.5. The van der Waals surface area contributed by atoms with Gasteiger partial charge in [0.25, 0.3) is 15.9 Å². The molecule has 11 heteroatoms. The van der Waals surface area contributed by atoms with Crippen LogP contribution in [0.1, 0.15) is 10.5 Å². The van der Waals surface area contributed by atoms with Crippen LogP contribution in [0.5, 0.6) is 5.75 Å². The molecule has 0 aliphatic heterocycles. The van der Waals surface area contributed by atoms with Gasteiger partial charge in [0, 0.05) is 23.8 Å². The van der Waals surface area contributed by atoms with Crippen molar-refractivity contribution in [3.8, 4) is 5.75 Å². The predicted molar refractivity (Wildman–Crippen MR) is 130 cm³/mol. The van der Waals surface area contributed by atoms with Crippen molar-refractivity contribution in [3.05, 3.63) is 82.2 Å². The molecule has 0 fully saturated rings. The topological polar surface area (TPSA) is 89.4 Å². The standard InChI is InChI=1S/C23H18Cl2FN3O4S/c1-29-21(23(30)28-34(31,32)15-6-4-14(33-2)5-7-15)12-16-20(10-8-17(24)22(16)29)27-13-3-9-19(26)18(25)11-13/h3-12,27H,1-2H3,(H,28,30). The highest BCUT2D eigenvalue weighted by Gasteiger charge is 2.23. The van der Waals surface area contributed by atoms with E-state index in [1.165, 1.54) is 60.2 Å². The van der Waals surface area contributed by atoms with Gasteiger partial charge in [-0.3, -0.25) is 4.79 Å². The van der Waals surface area contributed by atoms with Crippen molar-refractivity contribution in [2.45, 2.75) is 4.90 Å². The number of carbonyl (C=O) groups excluding carboxylic acids is 1. The first-order chi connectivity index (χ1) is 16.1. The van der Waals surface area contributed by atoms with Crippen molar-refractivity contribution in [2.24, 2.45) is 7.05 Å². The molecule has 0 aliphatic carbocycles. The van der Waals surface area contributed by atoms with E-state index in [1.807, 2.05) is 0 Å². The summed E-state index contributed by atoms with van der Waals surface area (Å²) >= 11 is 12.2. The lowest BCUT2D eigenvalue weighted by Gasteiger charge is -2.10. The normalized spacial score (nSPS) is 11.4. The molecule has 0 saturated heterocycles. The number of hydrogen-bond donors (Lipinski definition) is 2. The van der Waals surface area contributed by atoms with E-state index in [2.05, 4.69) is 10.0 Å². The Morgan fingerprint density at radius 3 is 2.35 bits per heavy atom. The third-order valence-corrected chi connectivity index (χ3v) is 7.12. The van der Waals surface area contributed by atoms with Gasteiger partial charge in [-0.15, -0.1) is 0 Å². The zero-order valence-electron chi connectivity index (χ0n) is 17.9. The Kier molecular flexibility index (Phi) is 6.44. The van der Waals surface area contributed by atoms with Gasteiger partial charge < -0.3 is 14.6 Å². The molecule has 176 valence electrons. The third-order valence-electron chi connectivity index (χ3n) is 5.17. The SMILES string of the molecule is COc1ccc(S(=O)(=O)NC(=O)c2cc3c(Nc4ccc(F)c(Cl)c4)ccc(Cl)c3n2C)cc1. The maximum absolute atomic E-state index is 13.5. The zero-order chi connectivity index (χ0) is 24.6. The Bertz CT molecular complexity index is 1520. The van der Waals surface area contributed by atoms with E-state index >= 15 is 0 Å². The molecule has 0 unspecified atom stereocenters. The van der Waals surface area contributed by atoms with Crippen LogP contribution in [0.2, 0.25) is 10.0 Å². The average Bonchev–Trinajstić information content (AvgIpc) is 3.16. The lowest BCUT2D eigenvalue weighted by molar-refractivity contribution is 0.0974. The van der Waals surface area contributed by atoms with Crippen molar-refractivity contribution in [1.29, 1.82) is 0 Å². The fraction of sp³-hybridized carbons (Fsp3) is 0.0870. The second-order valence-corrected chi connectivity index (χ2v) is 9.81. The average molecular weight is 522 g/mol. The molecule has 0 saturated carbocycles. The number of amides is 1. The van der Waals surface area contributed by atoms with Crippen LogP contribution in [0.3, 0.4) is 0 Å². The Balaban J connectivity index is 1.69. The number of hydrogen-bond acceptors (Lipinski definition) is 5. The summed E-state index contributed by atoms with van der Waals surface area (Å²) < 4.78 is 47.5. The first-order valence-corrected chi connectivity index (χ1v) is 12.1. The van der Waals surface area contributed by atoms with E-state index in [1.54, 1.807) is 19.2 Å². The monoisotopic (exact) mass is 521 g/mol. The molecule has 0 aliphatic rings. The number of aryl methyl sites for hydroxylation is 1. The minimum Gasteiger partial charge on any atom is -0.497 e. The second kappa shape index (κ2) is 9.17. The number of aromatic nitrogens is 1. The van der Waals surface area contributed by atoms with Crippen LogP contribution in [-0.4, -0.2) is 26.0 Å². The molecule has 2 N–H and O–H groups in total. The molecule has 4 aromatic rings. The molecule has 7 nitrogen and oxygen atoms in total. The molecule has 4 rings (SSSR count). The number of sulfonamides is 1. The molecular weight excluding hydrogens is 504 g/mol. The summed E-state index contributed by atoms with van der Waals surface area (Å²) in [4.78, 5) is 12.9. The molecule has 3 aromatic carbocycles. The molecule has 0 bridgehead atoms. The molecule has 1 amide bonds. The maximum Gasteiger partial charge on any atom is 0.281 e. The number of rotatable bonds is 6. The lowest BCUT2D eigenvalue weighted by atomic mass is 10.2. The van der Waals surface area contributed by atoms with E-state index in [0.717, 1.165) is 0 Å². The van der Waals surface area contributed by atoms with E-state index in [9.17, 15) is 17.6 Å². The predicted octanol–water partition coefficient (Wildman–Crippen LogP) is 5.50. The first kappa shape index (κ1) is 23.9. The molecule has 0 spiro atoms. The quantitative estimate of drug-likeness (QED) is 0.350. The van der Waals surface area contributed by atoms with E-state index in [-0.39, 0.29) is 15.6 Å². The van der Waals surface area contributed by atoms with Crippen LogP contribution in [0.15, 0.2) is 65.6 Å². The van der Waals surface area contributed by atoms with Crippen molar-refractivity contribution in [2.75, 3.05) is 12.4 Å². The summed E-state index contributed by atoms with van der Waals surface area (Å²) in [6, 6.07) is 14.6. The number of methoxy groups -OCH3 is 1. The number of ether oxygens (including phenoxy) is 1. The van der Waals surface area contributed by atoms with Crippen LogP contribution < -0.4 is 14.8 Å². The van der Waals surface area contributed by atoms with Gasteiger partial charge in [-0.2, -0.15) is 0 Å². The minimum atomic E-state index is -4.13. The van der Waals surface area contributed by atoms with Crippen LogP contribution >= 0.6 is 23.2 Å². The highest BCUT2D eigenvalue weighted by molar-refractivity contribution is 7.90. The van der Waals surface area contributed by atoms with Crippen molar-refractivity contribution >= 4 is 61.4 Å². The Morgan fingerprint density at radius 1 is 1.00 bits per heavy atom. The van der Waals surface area contributed by atoms with Crippen LogP contribution in [0.25, 0.3) is 10.9 Å². The van der Waals surface area contributed by atoms with E-state index in [0.29, 0.717) is 33.0 Å². The largest absolute Gasteiger partial charge is 0.497 e. The van der Waals surface area contributed by atoms with Gasteiger partial charge in [0.05, 0.1) is 27.6 Å². The van der Waals surface area contributed by atoms with E-state index in [4.69, 9.17) is 27.9 Å². The van der Waals surface area contributed by atoms with Gasteiger partial charge in [0.1, 0.15) is 17.3 Å². The van der Waals surface area contributed by atoms with Crippen molar-refractivity contribution in [1.82, 2.24) is 9.29 Å². The highest BCUT2D eigenvalue weighted by Crippen LogP contribution is 2.34. The number of carbonyl (C=O) groups is 1. The second-order valence-electron chi connectivity index (χ2n) is 7.31. The van der Waals surface area contributed by atoms with Crippen LogP contribution in [0, 0.1) is 5.82 Å². The summed E-state index contributed by atoms with van der Waals surface area (Å²) in [5, 5.41) is 3.99. The molecule has 0 radical (unpaired) electrons. The van der Waals surface area contributed by atoms with Crippen molar-refractivity contribution < 1.29 is 22.3 Å². The summed E-state index contributed by atoms with van der Waals surface area (Å²) in [5.41, 5.74) is 1.66. The molecule has 34 heavy (non-hydrogen) atoms. The molecule has 1 heterocycles. The number of halogens is 3. The van der Waals surface area contributed by atoms with Crippen molar-refractivity contribution in [3.63, 3.8) is 0 Å². The summed E-state index contributed by atoms with van der Waals surface area (Å²) in [6.07, 6.45) is 0. The zero-order valence-corrected chi connectivity index (χ0v) is 20.2. The van der Waals surface area contributed by atoms with Gasteiger partial charge >= 0.3 is 0 Å². The Morgan fingerprint density at radius 2 is 1.71 bits per heavy atom. The molecule has 1 aromatic heterocycles. The van der Waals surface area contributed by atoms with Crippen LogP contribution in [0.4, 0.5) is 15.8 Å². The number of nitrogens with one attached hydrogen (secondary N) is 2. The Hall–Kier alpha value is -3.27.